The summed E-state index contributed by atoms with van der Waals surface area (Å²) in [4.78, 5) is 0. The Hall–Kier alpha value is -1.22. The number of benzene rings is 1. The van der Waals surface area contributed by atoms with E-state index in [2.05, 4.69) is 20.8 Å². The Labute approximate surface area is 156 Å². The van der Waals surface area contributed by atoms with Crippen LogP contribution in [0, 0.1) is 0 Å². The molecule has 0 bridgehead atoms. The predicted molar refractivity (Wildman–Crippen MR) is 97.6 cm³/mol. The van der Waals surface area contributed by atoms with Crippen LogP contribution in [-0.2, 0) is 13.6 Å². The minimum atomic E-state index is 0. The monoisotopic (exact) mass is 393 g/mol. The van der Waals surface area contributed by atoms with Gasteiger partial charge >= 0.3 is 0 Å². The summed E-state index contributed by atoms with van der Waals surface area (Å²) in [5, 5.41) is 16.0. The topological polar surface area (TPSA) is 74.1 Å². The van der Waals surface area contributed by atoms with Gasteiger partial charge in [0.05, 0.1) is 18.7 Å². The Morgan fingerprint density at radius 1 is 1.38 bits per heavy atom. The molecular formula is C14H21Cl2N5O2S. The first-order valence-electron chi connectivity index (χ1n) is 7.20. The number of rotatable bonds is 9. The zero-order valence-electron chi connectivity index (χ0n) is 13.8. The summed E-state index contributed by atoms with van der Waals surface area (Å²) in [6.45, 7) is 3.97. The maximum absolute atomic E-state index is 6.26. The molecule has 0 fully saturated rings. The third-order valence-corrected chi connectivity index (χ3v) is 4.29. The van der Waals surface area contributed by atoms with Crippen LogP contribution in [0.5, 0.6) is 11.5 Å². The fourth-order valence-electron chi connectivity index (χ4n) is 1.95. The van der Waals surface area contributed by atoms with Crippen molar-refractivity contribution in [1.29, 1.82) is 0 Å². The highest BCUT2D eigenvalue weighted by Gasteiger charge is 2.11. The van der Waals surface area contributed by atoms with Gasteiger partial charge in [-0.1, -0.05) is 23.4 Å². The Kier molecular flexibility index (Phi) is 9.20. The molecule has 0 spiro atoms. The van der Waals surface area contributed by atoms with Crippen LogP contribution in [0.3, 0.4) is 0 Å². The second-order valence-corrected chi connectivity index (χ2v) is 6.12. The smallest absolute Gasteiger partial charge is 0.209 e. The number of nitrogens with one attached hydrogen (secondary N) is 1. The van der Waals surface area contributed by atoms with Gasteiger partial charge in [0.15, 0.2) is 11.5 Å². The van der Waals surface area contributed by atoms with Crippen molar-refractivity contribution in [1.82, 2.24) is 25.5 Å². The lowest BCUT2D eigenvalue weighted by Crippen LogP contribution is -2.17. The Morgan fingerprint density at radius 3 is 2.79 bits per heavy atom. The van der Waals surface area contributed by atoms with Crippen LogP contribution in [0.4, 0.5) is 0 Å². The zero-order valence-corrected chi connectivity index (χ0v) is 16.2. The van der Waals surface area contributed by atoms with Gasteiger partial charge in [0.1, 0.15) is 0 Å². The molecule has 1 N–H and O–H groups in total. The molecule has 0 aliphatic rings. The van der Waals surface area contributed by atoms with Gasteiger partial charge in [0.2, 0.25) is 5.16 Å². The summed E-state index contributed by atoms with van der Waals surface area (Å²) in [6, 6.07) is 3.82. The number of aryl methyl sites for hydroxylation is 1. The molecule has 0 aliphatic carbocycles. The number of ether oxygens (including phenoxy) is 2. The zero-order chi connectivity index (χ0) is 16.7. The van der Waals surface area contributed by atoms with Crippen molar-refractivity contribution in [3.63, 3.8) is 0 Å². The van der Waals surface area contributed by atoms with Crippen molar-refractivity contribution >= 4 is 35.8 Å². The Balaban J connectivity index is 0.00000288. The first-order chi connectivity index (χ1) is 11.2. The molecule has 2 rings (SSSR count). The Bertz CT molecular complexity index is 642. The normalized spacial score (nSPS) is 10.3. The average Bonchev–Trinajstić information content (AvgIpc) is 2.94. The second-order valence-electron chi connectivity index (χ2n) is 4.65. The third-order valence-electron chi connectivity index (χ3n) is 3.00. The van der Waals surface area contributed by atoms with E-state index >= 15 is 0 Å². The number of methoxy groups -OCH3 is 1. The SMILES string of the molecule is CCOc1c(Cl)cc(CNCCSc2nnnn2C)cc1OC.Cl. The van der Waals surface area contributed by atoms with Crippen molar-refractivity contribution in [3.8, 4) is 11.5 Å². The molecule has 0 amide bonds. The molecular weight excluding hydrogens is 373 g/mol. The first kappa shape index (κ1) is 20.8. The van der Waals surface area contributed by atoms with E-state index in [0.29, 0.717) is 29.7 Å². The van der Waals surface area contributed by atoms with Gasteiger partial charge in [0.25, 0.3) is 0 Å². The second kappa shape index (κ2) is 10.6. The summed E-state index contributed by atoms with van der Waals surface area (Å²) in [5.41, 5.74) is 1.04. The molecule has 0 saturated carbocycles. The molecule has 0 saturated heterocycles. The summed E-state index contributed by atoms with van der Waals surface area (Å²) < 4.78 is 12.5. The van der Waals surface area contributed by atoms with Crippen molar-refractivity contribution in [2.24, 2.45) is 7.05 Å². The van der Waals surface area contributed by atoms with E-state index in [9.17, 15) is 0 Å². The summed E-state index contributed by atoms with van der Waals surface area (Å²) in [7, 11) is 3.43. The van der Waals surface area contributed by atoms with Gasteiger partial charge < -0.3 is 14.8 Å². The highest BCUT2D eigenvalue weighted by atomic mass is 35.5. The molecule has 0 atom stereocenters. The van der Waals surface area contributed by atoms with Crippen LogP contribution in [0.1, 0.15) is 12.5 Å². The highest BCUT2D eigenvalue weighted by molar-refractivity contribution is 7.99. The van der Waals surface area contributed by atoms with Crippen molar-refractivity contribution in [2.45, 2.75) is 18.6 Å². The number of aromatic nitrogens is 4. The average molecular weight is 394 g/mol. The molecule has 24 heavy (non-hydrogen) atoms. The van der Waals surface area contributed by atoms with Crippen LogP contribution >= 0.6 is 35.8 Å². The molecule has 2 aromatic rings. The van der Waals surface area contributed by atoms with Crippen molar-refractivity contribution in [3.05, 3.63) is 22.7 Å². The van der Waals surface area contributed by atoms with Crippen LogP contribution in [0.2, 0.25) is 5.02 Å². The van der Waals surface area contributed by atoms with E-state index in [4.69, 9.17) is 21.1 Å². The molecule has 0 aliphatic heterocycles. The van der Waals surface area contributed by atoms with E-state index in [1.165, 1.54) is 0 Å². The van der Waals surface area contributed by atoms with Crippen LogP contribution in [0.15, 0.2) is 17.3 Å². The van der Waals surface area contributed by atoms with Crippen LogP contribution in [-0.4, -0.2) is 46.2 Å². The maximum Gasteiger partial charge on any atom is 0.209 e. The minimum absolute atomic E-state index is 0. The molecule has 0 unspecified atom stereocenters. The van der Waals surface area contributed by atoms with Crippen LogP contribution < -0.4 is 14.8 Å². The van der Waals surface area contributed by atoms with E-state index in [-0.39, 0.29) is 12.4 Å². The largest absolute Gasteiger partial charge is 0.493 e. The van der Waals surface area contributed by atoms with Gasteiger partial charge in [-0.2, -0.15) is 0 Å². The summed E-state index contributed by atoms with van der Waals surface area (Å²) in [6.07, 6.45) is 0. The quantitative estimate of drug-likeness (QED) is 0.518. The molecule has 10 heteroatoms. The number of hydrogen-bond acceptors (Lipinski definition) is 7. The molecule has 1 aromatic heterocycles. The highest BCUT2D eigenvalue weighted by Crippen LogP contribution is 2.36. The van der Waals surface area contributed by atoms with Gasteiger partial charge in [-0.05, 0) is 35.0 Å². The number of hydrogen-bond donors (Lipinski definition) is 1. The minimum Gasteiger partial charge on any atom is -0.493 e. The summed E-state index contributed by atoms with van der Waals surface area (Å²) in [5.74, 6) is 2.11. The maximum atomic E-state index is 6.26. The third kappa shape index (κ3) is 5.70. The molecule has 1 aromatic carbocycles. The first-order valence-corrected chi connectivity index (χ1v) is 8.57. The lowest BCUT2D eigenvalue weighted by molar-refractivity contribution is 0.311. The molecule has 7 nitrogen and oxygen atoms in total. The number of halogens is 2. The van der Waals surface area contributed by atoms with Gasteiger partial charge in [0, 0.05) is 25.9 Å². The van der Waals surface area contributed by atoms with E-state index < -0.39 is 0 Å². The van der Waals surface area contributed by atoms with Crippen molar-refractivity contribution in [2.75, 3.05) is 26.0 Å². The number of nitrogens with zero attached hydrogens (tertiary/aromatic N) is 4. The van der Waals surface area contributed by atoms with E-state index in [0.717, 1.165) is 23.0 Å². The van der Waals surface area contributed by atoms with Gasteiger partial charge in [-0.25, -0.2) is 4.68 Å². The lowest BCUT2D eigenvalue weighted by atomic mass is 10.2. The van der Waals surface area contributed by atoms with Crippen molar-refractivity contribution < 1.29 is 9.47 Å². The fraction of sp³-hybridized carbons (Fsp3) is 0.500. The number of thioether (sulfide) groups is 1. The summed E-state index contributed by atoms with van der Waals surface area (Å²) >= 11 is 7.86. The van der Waals surface area contributed by atoms with Gasteiger partial charge in [-0.3, -0.25) is 0 Å². The van der Waals surface area contributed by atoms with Crippen LogP contribution in [0.25, 0.3) is 0 Å². The number of tetrazole rings is 1. The standard InChI is InChI=1S/C14H20ClN5O2S.ClH/c1-4-22-13-11(15)7-10(8-12(13)21-3)9-16-5-6-23-14-17-18-19-20(14)2;/h7-8,16H,4-6,9H2,1-3H3;1H. The molecule has 134 valence electrons. The predicted octanol–water partition coefficient (Wildman–Crippen LogP) is 2.57. The van der Waals surface area contributed by atoms with E-state index in [1.54, 1.807) is 23.6 Å². The van der Waals surface area contributed by atoms with Gasteiger partial charge in [-0.15, -0.1) is 17.5 Å². The molecule has 0 radical (unpaired) electrons. The van der Waals surface area contributed by atoms with E-state index in [1.807, 2.05) is 26.1 Å². The fourth-order valence-corrected chi connectivity index (χ4v) is 2.98. The lowest BCUT2D eigenvalue weighted by Gasteiger charge is -2.13. The molecule has 1 heterocycles. The Morgan fingerprint density at radius 2 is 2.17 bits per heavy atom.